The lowest BCUT2D eigenvalue weighted by molar-refractivity contribution is -0.122. The molecule has 1 aromatic carbocycles. The highest BCUT2D eigenvalue weighted by Gasteiger charge is 2.31. The van der Waals surface area contributed by atoms with Crippen LogP contribution in [0.3, 0.4) is 0 Å². The third kappa shape index (κ3) is 4.04. The normalized spacial score (nSPS) is 16.9. The van der Waals surface area contributed by atoms with Gasteiger partial charge in [-0.1, -0.05) is 19.3 Å². The molecule has 1 aromatic rings. The van der Waals surface area contributed by atoms with Crippen molar-refractivity contribution < 1.29 is 19.1 Å². The molecule has 6 heteroatoms. The molecule has 1 saturated carbocycles. The van der Waals surface area contributed by atoms with Gasteiger partial charge in [-0.15, -0.1) is 0 Å². The van der Waals surface area contributed by atoms with Gasteiger partial charge < -0.3 is 15.7 Å². The summed E-state index contributed by atoms with van der Waals surface area (Å²) in [6.07, 6.45) is 4.17. The standard InChI is InChI=1S/C16H21FN2O3/c1-18-15(21)12-9-11(5-6-13(12)17)19-14(20)10-16(22)7-3-2-4-8-16/h5-6,9,22H,2-4,7-8,10H2,1H3,(H,18,21)(H,19,20). The van der Waals surface area contributed by atoms with Gasteiger partial charge in [0.05, 0.1) is 17.6 Å². The van der Waals surface area contributed by atoms with Crippen LogP contribution in [-0.4, -0.2) is 29.6 Å². The summed E-state index contributed by atoms with van der Waals surface area (Å²) >= 11 is 0. The van der Waals surface area contributed by atoms with Gasteiger partial charge in [-0.2, -0.15) is 0 Å². The third-order valence-electron chi connectivity index (χ3n) is 4.00. The van der Waals surface area contributed by atoms with Gasteiger partial charge in [0.2, 0.25) is 5.91 Å². The monoisotopic (exact) mass is 308 g/mol. The highest BCUT2D eigenvalue weighted by Crippen LogP contribution is 2.31. The molecule has 120 valence electrons. The third-order valence-corrected chi connectivity index (χ3v) is 4.00. The van der Waals surface area contributed by atoms with Gasteiger partial charge in [-0.3, -0.25) is 9.59 Å². The fraction of sp³-hybridized carbons (Fsp3) is 0.500. The summed E-state index contributed by atoms with van der Waals surface area (Å²) in [7, 11) is 1.41. The Balaban J connectivity index is 2.04. The molecule has 0 unspecified atom stereocenters. The predicted octanol–water partition coefficient (Wildman–Crippen LogP) is 2.21. The highest BCUT2D eigenvalue weighted by atomic mass is 19.1. The second kappa shape index (κ2) is 6.87. The zero-order valence-electron chi connectivity index (χ0n) is 12.6. The molecule has 1 aliphatic carbocycles. The SMILES string of the molecule is CNC(=O)c1cc(NC(=O)CC2(O)CCCCC2)ccc1F. The van der Waals surface area contributed by atoms with E-state index in [4.69, 9.17) is 0 Å². The number of hydrogen-bond donors (Lipinski definition) is 3. The molecular weight excluding hydrogens is 287 g/mol. The molecule has 0 heterocycles. The summed E-state index contributed by atoms with van der Waals surface area (Å²) in [6, 6.07) is 3.82. The van der Waals surface area contributed by atoms with Crippen LogP contribution in [0.25, 0.3) is 0 Å². The number of benzene rings is 1. The second-order valence-corrected chi connectivity index (χ2v) is 5.78. The van der Waals surface area contributed by atoms with E-state index in [0.717, 1.165) is 25.3 Å². The van der Waals surface area contributed by atoms with Gasteiger partial charge in [-0.25, -0.2) is 4.39 Å². The fourth-order valence-corrected chi connectivity index (χ4v) is 2.80. The zero-order chi connectivity index (χ0) is 16.2. The summed E-state index contributed by atoms with van der Waals surface area (Å²) in [6.45, 7) is 0. The van der Waals surface area contributed by atoms with Crippen LogP contribution >= 0.6 is 0 Å². The molecule has 22 heavy (non-hydrogen) atoms. The van der Waals surface area contributed by atoms with Gasteiger partial charge in [0, 0.05) is 12.7 Å². The number of halogens is 1. The Hall–Kier alpha value is -1.95. The van der Waals surface area contributed by atoms with Crippen molar-refractivity contribution in [3.05, 3.63) is 29.6 Å². The average Bonchev–Trinajstić information content (AvgIpc) is 2.48. The average molecular weight is 308 g/mol. The van der Waals surface area contributed by atoms with Crippen LogP contribution in [0.15, 0.2) is 18.2 Å². The van der Waals surface area contributed by atoms with Crippen LogP contribution in [0.2, 0.25) is 0 Å². The maximum absolute atomic E-state index is 13.6. The molecule has 0 aromatic heterocycles. The van der Waals surface area contributed by atoms with Crippen molar-refractivity contribution in [2.24, 2.45) is 0 Å². The van der Waals surface area contributed by atoms with Gasteiger partial charge in [-0.05, 0) is 31.0 Å². The lowest BCUT2D eigenvalue weighted by atomic mass is 9.82. The summed E-state index contributed by atoms with van der Waals surface area (Å²) < 4.78 is 13.6. The molecule has 0 spiro atoms. The number of rotatable bonds is 4. The van der Waals surface area contributed by atoms with Crippen LogP contribution < -0.4 is 10.6 Å². The molecule has 0 atom stereocenters. The largest absolute Gasteiger partial charge is 0.389 e. The molecule has 0 bridgehead atoms. The number of aliphatic hydroxyl groups is 1. The Morgan fingerprint density at radius 1 is 1.27 bits per heavy atom. The first-order valence-corrected chi connectivity index (χ1v) is 7.47. The second-order valence-electron chi connectivity index (χ2n) is 5.78. The van der Waals surface area contributed by atoms with Crippen molar-refractivity contribution in [3.63, 3.8) is 0 Å². The van der Waals surface area contributed by atoms with E-state index in [9.17, 15) is 19.1 Å². The number of hydrogen-bond acceptors (Lipinski definition) is 3. The van der Waals surface area contributed by atoms with E-state index in [1.807, 2.05) is 0 Å². The van der Waals surface area contributed by atoms with Gasteiger partial charge in [0.15, 0.2) is 0 Å². The Bertz CT molecular complexity index is 569. The number of nitrogens with one attached hydrogen (secondary N) is 2. The molecule has 2 rings (SSSR count). The van der Waals surface area contributed by atoms with E-state index in [0.29, 0.717) is 18.5 Å². The van der Waals surface area contributed by atoms with E-state index in [1.165, 1.54) is 19.2 Å². The zero-order valence-corrected chi connectivity index (χ0v) is 12.6. The first-order valence-electron chi connectivity index (χ1n) is 7.47. The maximum Gasteiger partial charge on any atom is 0.254 e. The molecule has 0 saturated heterocycles. The van der Waals surface area contributed by atoms with E-state index in [-0.39, 0.29) is 17.9 Å². The predicted molar refractivity (Wildman–Crippen MR) is 81.1 cm³/mol. The maximum atomic E-state index is 13.6. The minimum atomic E-state index is -0.952. The molecular formula is C16H21FN2O3. The molecule has 1 aliphatic rings. The first-order chi connectivity index (χ1) is 10.4. The van der Waals surface area contributed by atoms with Crippen molar-refractivity contribution in [1.82, 2.24) is 5.32 Å². The Kier molecular flexibility index (Phi) is 5.13. The van der Waals surface area contributed by atoms with Crippen molar-refractivity contribution >= 4 is 17.5 Å². The topological polar surface area (TPSA) is 78.4 Å². The summed E-state index contributed by atoms with van der Waals surface area (Å²) in [5.41, 5.74) is -0.743. The van der Waals surface area contributed by atoms with Gasteiger partial charge in [0.25, 0.3) is 5.91 Å². The quantitative estimate of drug-likeness (QED) is 0.798. The highest BCUT2D eigenvalue weighted by molar-refractivity contribution is 5.97. The van der Waals surface area contributed by atoms with Crippen LogP contribution in [0.4, 0.5) is 10.1 Å². The number of carbonyl (C=O) groups is 2. The number of anilines is 1. The van der Waals surface area contributed by atoms with E-state index < -0.39 is 17.3 Å². The van der Waals surface area contributed by atoms with E-state index in [2.05, 4.69) is 10.6 Å². The summed E-state index contributed by atoms with van der Waals surface area (Å²) in [5.74, 6) is -1.54. The van der Waals surface area contributed by atoms with Crippen LogP contribution in [0.5, 0.6) is 0 Å². The smallest absolute Gasteiger partial charge is 0.254 e. The van der Waals surface area contributed by atoms with Crippen molar-refractivity contribution in [3.8, 4) is 0 Å². The summed E-state index contributed by atoms with van der Waals surface area (Å²) in [5, 5.41) is 15.3. The fourth-order valence-electron chi connectivity index (χ4n) is 2.80. The molecule has 1 fully saturated rings. The minimum absolute atomic E-state index is 0.0136. The lowest BCUT2D eigenvalue weighted by Crippen LogP contribution is -2.35. The Morgan fingerprint density at radius 3 is 2.59 bits per heavy atom. The Labute approximate surface area is 128 Å². The van der Waals surface area contributed by atoms with E-state index >= 15 is 0 Å². The molecule has 5 nitrogen and oxygen atoms in total. The van der Waals surface area contributed by atoms with Crippen LogP contribution in [0, 0.1) is 5.82 Å². The van der Waals surface area contributed by atoms with Crippen LogP contribution in [-0.2, 0) is 4.79 Å². The van der Waals surface area contributed by atoms with Crippen molar-refractivity contribution in [1.29, 1.82) is 0 Å². The van der Waals surface area contributed by atoms with Gasteiger partial charge in [0.1, 0.15) is 5.82 Å². The minimum Gasteiger partial charge on any atom is -0.389 e. The first kappa shape index (κ1) is 16.4. The molecule has 2 amide bonds. The number of amides is 2. The number of carbonyl (C=O) groups excluding carboxylic acids is 2. The van der Waals surface area contributed by atoms with Crippen LogP contribution in [0.1, 0.15) is 48.9 Å². The molecule has 0 radical (unpaired) electrons. The molecule has 3 N–H and O–H groups in total. The lowest BCUT2D eigenvalue weighted by Gasteiger charge is -2.31. The van der Waals surface area contributed by atoms with E-state index in [1.54, 1.807) is 0 Å². The van der Waals surface area contributed by atoms with Crippen molar-refractivity contribution in [2.75, 3.05) is 12.4 Å². The van der Waals surface area contributed by atoms with Gasteiger partial charge >= 0.3 is 0 Å². The van der Waals surface area contributed by atoms with Crippen molar-refractivity contribution in [2.45, 2.75) is 44.1 Å². The Morgan fingerprint density at radius 2 is 1.95 bits per heavy atom. The summed E-state index contributed by atoms with van der Waals surface area (Å²) in [4.78, 5) is 23.6. The molecule has 0 aliphatic heterocycles.